The van der Waals surface area contributed by atoms with Crippen molar-refractivity contribution in [3.05, 3.63) is 47.2 Å². The smallest absolute Gasteiger partial charge is 0.252 e. The zero-order valence-corrected chi connectivity index (χ0v) is 9.51. The summed E-state index contributed by atoms with van der Waals surface area (Å²) in [4.78, 5) is 3.83. The monoisotopic (exact) mass is 244 g/mol. The van der Waals surface area contributed by atoms with E-state index in [9.17, 15) is 4.39 Å². The van der Waals surface area contributed by atoms with Crippen LogP contribution in [-0.2, 0) is 0 Å². The zero-order valence-electron chi connectivity index (χ0n) is 9.51. The lowest BCUT2D eigenvalue weighted by atomic mass is 10.2. The molecule has 0 aliphatic heterocycles. The molecule has 0 aliphatic carbocycles. The van der Waals surface area contributed by atoms with Crippen molar-refractivity contribution in [1.82, 2.24) is 4.98 Å². The first-order chi connectivity index (χ1) is 8.70. The van der Waals surface area contributed by atoms with Crippen LogP contribution >= 0.6 is 0 Å². The van der Waals surface area contributed by atoms with Crippen LogP contribution in [0.3, 0.4) is 0 Å². The number of hydrogen-bond donors (Lipinski definition) is 1. The molecule has 0 aliphatic rings. The fourth-order valence-corrected chi connectivity index (χ4v) is 1.32. The molecule has 1 heterocycles. The number of nitrogens with one attached hydrogen (secondary N) is 1. The molecule has 0 atom stereocenters. The Morgan fingerprint density at radius 3 is 3.00 bits per heavy atom. The van der Waals surface area contributed by atoms with Gasteiger partial charge in [-0.05, 0) is 6.07 Å². The van der Waals surface area contributed by atoms with E-state index in [0.717, 1.165) is 0 Å². The molecule has 0 amide bonds. The van der Waals surface area contributed by atoms with Gasteiger partial charge in [-0.25, -0.2) is 14.8 Å². The van der Waals surface area contributed by atoms with Gasteiger partial charge in [0.15, 0.2) is 5.89 Å². The summed E-state index contributed by atoms with van der Waals surface area (Å²) in [6, 6.07) is 8.06. The Bertz CT molecular complexity index is 627. The van der Waals surface area contributed by atoms with E-state index in [1.807, 2.05) is 6.07 Å². The summed E-state index contributed by atoms with van der Waals surface area (Å²) in [5.74, 6) is 0.120. The average molecular weight is 244 g/mol. The summed E-state index contributed by atoms with van der Waals surface area (Å²) in [5, 5.41) is 12.6. The fourth-order valence-electron chi connectivity index (χ4n) is 1.32. The van der Waals surface area contributed by atoms with Gasteiger partial charge in [0.25, 0.3) is 5.88 Å². The highest BCUT2D eigenvalue weighted by Crippen LogP contribution is 2.15. The Hall–Kier alpha value is -2.68. The van der Waals surface area contributed by atoms with Crippen LogP contribution in [0.2, 0.25) is 0 Å². The molecule has 0 bridgehead atoms. The van der Waals surface area contributed by atoms with Crippen LogP contribution in [-0.4, -0.2) is 11.2 Å². The molecular weight excluding hydrogens is 235 g/mol. The maximum absolute atomic E-state index is 13.3. The molecular formula is C12H9FN4O. The van der Waals surface area contributed by atoms with Crippen molar-refractivity contribution < 1.29 is 8.81 Å². The van der Waals surface area contributed by atoms with Crippen molar-refractivity contribution in [3.63, 3.8) is 0 Å². The zero-order chi connectivity index (χ0) is 13.0. The minimum atomic E-state index is -0.377. The standard InChI is InChI=1S/C12H9FN4O/c1-8-16-11(6-14)12(18-8)17-15-7-9-4-2-3-5-10(9)13/h2-5,7,17H,1H3/b15-7-. The number of hydrogen-bond acceptors (Lipinski definition) is 5. The number of nitrogens with zero attached hydrogens (tertiary/aromatic N) is 3. The van der Waals surface area contributed by atoms with Gasteiger partial charge in [0.1, 0.15) is 11.9 Å². The molecule has 0 radical (unpaired) electrons. The molecule has 5 nitrogen and oxygen atoms in total. The van der Waals surface area contributed by atoms with Gasteiger partial charge >= 0.3 is 0 Å². The van der Waals surface area contributed by atoms with Gasteiger partial charge in [0.05, 0.1) is 6.21 Å². The van der Waals surface area contributed by atoms with E-state index in [-0.39, 0.29) is 17.4 Å². The van der Waals surface area contributed by atoms with Crippen LogP contribution in [0.5, 0.6) is 0 Å². The number of halogens is 1. The molecule has 0 spiro atoms. The number of nitriles is 1. The van der Waals surface area contributed by atoms with Crippen molar-refractivity contribution in [1.29, 1.82) is 5.26 Å². The Kier molecular flexibility index (Phi) is 3.34. The molecule has 2 aromatic rings. The van der Waals surface area contributed by atoms with Gasteiger partial charge < -0.3 is 4.42 Å². The molecule has 0 unspecified atom stereocenters. The van der Waals surface area contributed by atoms with Crippen LogP contribution in [0.25, 0.3) is 0 Å². The molecule has 1 N–H and O–H groups in total. The molecule has 2 rings (SSSR count). The minimum absolute atomic E-state index is 0.109. The Balaban J connectivity index is 2.13. The summed E-state index contributed by atoms with van der Waals surface area (Å²) in [6.45, 7) is 1.62. The molecule has 90 valence electrons. The van der Waals surface area contributed by atoms with Gasteiger partial charge in [-0.3, -0.25) is 0 Å². The lowest BCUT2D eigenvalue weighted by molar-refractivity contribution is 0.533. The van der Waals surface area contributed by atoms with Crippen LogP contribution in [0.15, 0.2) is 33.8 Å². The van der Waals surface area contributed by atoms with Crippen molar-refractivity contribution in [3.8, 4) is 6.07 Å². The molecule has 0 saturated carbocycles. The largest absolute Gasteiger partial charge is 0.422 e. The van der Waals surface area contributed by atoms with E-state index in [4.69, 9.17) is 9.68 Å². The van der Waals surface area contributed by atoms with E-state index in [2.05, 4.69) is 15.5 Å². The quantitative estimate of drug-likeness (QED) is 0.664. The van der Waals surface area contributed by atoms with E-state index >= 15 is 0 Å². The van der Waals surface area contributed by atoms with E-state index in [0.29, 0.717) is 11.5 Å². The highest BCUT2D eigenvalue weighted by atomic mass is 19.1. The highest BCUT2D eigenvalue weighted by Gasteiger charge is 2.08. The minimum Gasteiger partial charge on any atom is -0.422 e. The number of rotatable bonds is 3. The van der Waals surface area contributed by atoms with Gasteiger partial charge in [-0.2, -0.15) is 10.4 Å². The van der Waals surface area contributed by atoms with Crippen LogP contribution in [0, 0.1) is 24.1 Å². The third kappa shape index (κ3) is 2.52. The average Bonchev–Trinajstić information content (AvgIpc) is 2.72. The number of aryl methyl sites for hydroxylation is 1. The van der Waals surface area contributed by atoms with E-state index in [1.54, 1.807) is 25.1 Å². The summed E-state index contributed by atoms with van der Waals surface area (Å²) in [5.41, 5.74) is 2.95. The second-order valence-corrected chi connectivity index (χ2v) is 3.41. The maximum atomic E-state index is 13.3. The Morgan fingerprint density at radius 2 is 2.28 bits per heavy atom. The lowest BCUT2D eigenvalue weighted by Crippen LogP contribution is -1.93. The molecule has 0 fully saturated rings. The first-order valence-electron chi connectivity index (χ1n) is 5.12. The van der Waals surface area contributed by atoms with Crippen molar-refractivity contribution >= 4 is 12.1 Å². The number of anilines is 1. The summed E-state index contributed by atoms with van der Waals surface area (Å²) < 4.78 is 18.4. The van der Waals surface area contributed by atoms with Crippen molar-refractivity contribution in [2.75, 3.05) is 5.43 Å². The molecule has 18 heavy (non-hydrogen) atoms. The molecule has 6 heteroatoms. The summed E-state index contributed by atoms with van der Waals surface area (Å²) >= 11 is 0. The maximum Gasteiger partial charge on any atom is 0.252 e. The van der Waals surface area contributed by atoms with Crippen LogP contribution in [0.1, 0.15) is 17.1 Å². The normalized spacial score (nSPS) is 10.5. The van der Waals surface area contributed by atoms with Crippen LogP contribution in [0.4, 0.5) is 10.3 Å². The molecule has 1 aromatic carbocycles. The first kappa shape index (κ1) is 11.8. The number of aromatic nitrogens is 1. The van der Waals surface area contributed by atoms with Crippen molar-refractivity contribution in [2.24, 2.45) is 5.10 Å². The Labute approximate surface area is 103 Å². The predicted molar refractivity (Wildman–Crippen MR) is 63.6 cm³/mol. The number of hydrazone groups is 1. The van der Waals surface area contributed by atoms with Crippen molar-refractivity contribution in [2.45, 2.75) is 6.92 Å². The third-order valence-corrected chi connectivity index (χ3v) is 2.11. The first-order valence-corrected chi connectivity index (χ1v) is 5.12. The van der Waals surface area contributed by atoms with Gasteiger partial charge in [0, 0.05) is 12.5 Å². The van der Waals surface area contributed by atoms with Gasteiger partial charge in [0.2, 0.25) is 5.69 Å². The number of benzene rings is 1. The molecule has 1 aromatic heterocycles. The molecule has 0 saturated heterocycles. The lowest BCUT2D eigenvalue weighted by Gasteiger charge is -1.96. The topological polar surface area (TPSA) is 74.2 Å². The highest BCUT2D eigenvalue weighted by molar-refractivity contribution is 5.80. The fraction of sp³-hybridized carbons (Fsp3) is 0.0833. The predicted octanol–water partition coefficient (Wildman–Crippen LogP) is 2.44. The SMILES string of the molecule is Cc1nc(C#N)c(N/N=C\c2ccccc2F)o1. The second kappa shape index (κ2) is 5.10. The van der Waals surface area contributed by atoms with E-state index in [1.165, 1.54) is 12.3 Å². The van der Waals surface area contributed by atoms with E-state index < -0.39 is 0 Å². The number of oxazole rings is 1. The summed E-state index contributed by atoms with van der Waals surface area (Å²) in [7, 11) is 0. The van der Waals surface area contributed by atoms with Crippen LogP contribution < -0.4 is 5.43 Å². The second-order valence-electron chi connectivity index (χ2n) is 3.41. The van der Waals surface area contributed by atoms with Gasteiger partial charge in [-0.15, -0.1) is 0 Å². The Morgan fingerprint density at radius 1 is 1.50 bits per heavy atom. The third-order valence-electron chi connectivity index (χ3n) is 2.11. The van der Waals surface area contributed by atoms with Gasteiger partial charge in [-0.1, -0.05) is 18.2 Å². The summed E-state index contributed by atoms with van der Waals surface area (Å²) in [6.07, 6.45) is 1.30.